The Morgan fingerprint density at radius 1 is 1.03 bits per heavy atom. The molecular formula is C23H18N4O4S. The minimum absolute atomic E-state index is 0.0614. The second-order valence-corrected chi connectivity index (χ2v) is 7.56. The van der Waals surface area contributed by atoms with E-state index in [0.717, 1.165) is 27.8 Å². The molecule has 8 nitrogen and oxygen atoms in total. The largest absolute Gasteiger partial charge is 0.495 e. The molecule has 2 N–H and O–H groups in total. The number of aromatic nitrogens is 1. The van der Waals surface area contributed by atoms with Crippen LogP contribution in [0.5, 0.6) is 5.75 Å². The zero-order chi connectivity index (χ0) is 22.5. The van der Waals surface area contributed by atoms with Gasteiger partial charge in [-0.1, -0.05) is 24.3 Å². The molecule has 1 aromatic heterocycles. The maximum Gasteiger partial charge on any atom is 0.269 e. The van der Waals surface area contributed by atoms with Crippen molar-refractivity contribution >= 4 is 39.4 Å². The van der Waals surface area contributed by atoms with Gasteiger partial charge in [0.05, 0.1) is 23.4 Å². The van der Waals surface area contributed by atoms with Gasteiger partial charge in [0, 0.05) is 34.3 Å². The molecule has 0 aliphatic rings. The number of hydrogen-bond acceptors (Lipinski definition) is 7. The standard InChI is InChI=1S/C23H18N4O4S/c1-31-21-5-3-2-4-19(21)25-23-26-20(14-32-23)15-6-10-17(11-7-15)24-22(28)16-8-12-18(13-9-16)27(29)30/h2-14H,1H3,(H,24,28)(H,25,26). The summed E-state index contributed by atoms with van der Waals surface area (Å²) >= 11 is 1.48. The van der Waals surface area contributed by atoms with Crippen LogP contribution >= 0.6 is 11.3 Å². The number of carbonyl (C=O) groups excluding carboxylic acids is 1. The minimum Gasteiger partial charge on any atom is -0.495 e. The summed E-state index contributed by atoms with van der Waals surface area (Å²) in [4.78, 5) is 27.2. The molecule has 0 radical (unpaired) electrons. The third-order valence-electron chi connectivity index (χ3n) is 4.63. The fourth-order valence-electron chi connectivity index (χ4n) is 2.99. The fraction of sp³-hybridized carbons (Fsp3) is 0.0435. The van der Waals surface area contributed by atoms with Crippen LogP contribution in [0.15, 0.2) is 78.2 Å². The number of nitro groups is 1. The second kappa shape index (κ2) is 9.27. The first-order valence-corrected chi connectivity index (χ1v) is 10.4. The lowest BCUT2D eigenvalue weighted by Gasteiger charge is -2.08. The normalized spacial score (nSPS) is 10.4. The van der Waals surface area contributed by atoms with E-state index >= 15 is 0 Å². The molecule has 0 saturated heterocycles. The molecular weight excluding hydrogens is 428 g/mol. The van der Waals surface area contributed by atoms with Crippen LogP contribution in [0, 0.1) is 10.1 Å². The molecule has 0 spiro atoms. The Hall–Kier alpha value is -4.24. The maximum atomic E-state index is 12.4. The average molecular weight is 446 g/mol. The third kappa shape index (κ3) is 4.73. The monoisotopic (exact) mass is 446 g/mol. The predicted molar refractivity (Wildman–Crippen MR) is 125 cm³/mol. The molecule has 32 heavy (non-hydrogen) atoms. The molecule has 0 aliphatic carbocycles. The van der Waals surface area contributed by atoms with Crippen molar-refractivity contribution in [3.63, 3.8) is 0 Å². The van der Waals surface area contributed by atoms with Gasteiger partial charge in [0.1, 0.15) is 5.75 Å². The Bertz CT molecular complexity index is 1250. The van der Waals surface area contributed by atoms with Crippen molar-refractivity contribution in [1.82, 2.24) is 4.98 Å². The molecule has 0 atom stereocenters. The lowest BCUT2D eigenvalue weighted by atomic mass is 10.1. The Kier molecular flexibility index (Phi) is 6.09. The molecule has 0 unspecified atom stereocenters. The number of hydrogen-bond donors (Lipinski definition) is 2. The maximum absolute atomic E-state index is 12.4. The fourth-order valence-corrected chi connectivity index (χ4v) is 3.72. The number of nitrogens with zero attached hydrogens (tertiary/aromatic N) is 2. The van der Waals surface area contributed by atoms with Gasteiger partial charge in [0.25, 0.3) is 11.6 Å². The van der Waals surface area contributed by atoms with Crippen LogP contribution in [0.4, 0.5) is 22.2 Å². The van der Waals surface area contributed by atoms with Gasteiger partial charge in [-0.25, -0.2) is 4.98 Å². The zero-order valence-corrected chi connectivity index (χ0v) is 17.8. The first-order chi connectivity index (χ1) is 15.5. The number of nitrogens with one attached hydrogen (secondary N) is 2. The van der Waals surface area contributed by atoms with Gasteiger partial charge in [0.15, 0.2) is 5.13 Å². The van der Waals surface area contributed by atoms with Crippen LogP contribution in [0.25, 0.3) is 11.3 Å². The van der Waals surface area contributed by atoms with Crippen molar-refractivity contribution in [3.05, 3.63) is 93.9 Å². The Balaban J connectivity index is 1.42. The first kappa shape index (κ1) is 21.0. The van der Waals surface area contributed by atoms with Crippen LogP contribution in [0.1, 0.15) is 10.4 Å². The topological polar surface area (TPSA) is 106 Å². The Morgan fingerprint density at radius 3 is 2.44 bits per heavy atom. The van der Waals surface area contributed by atoms with E-state index in [1.54, 1.807) is 19.2 Å². The van der Waals surface area contributed by atoms with Crippen LogP contribution in [-0.2, 0) is 0 Å². The van der Waals surface area contributed by atoms with Crippen LogP contribution in [0.2, 0.25) is 0 Å². The van der Waals surface area contributed by atoms with Crippen molar-refractivity contribution < 1.29 is 14.5 Å². The number of para-hydroxylation sites is 2. The van der Waals surface area contributed by atoms with Gasteiger partial charge in [0.2, 0.25) is 0 Å². The summed E-state index contributed by atoms with van der Waals surface area (Å²) in [5.74, 6) is 0.391. The summed E-state index contributed by atoms with van der Waals surface area (Å²) in [6.07, 6.45) is 0. The lowest BCUT2D eigenvalue weighted by Crippen LogP contribution is -2.11. The number of methoxy groups -OCH3 is 1. The van der Waals surface area contributed by atoms with Crippen molar-refractivity contribution in [2.45, 2.75) is 0 Å². The number of thiazole rings is 1. The van der Waals surface area contributed by atoms with Gasteiger partial charge in [-0.3, -0.25) is 14.9 Å². The summed E-state index contributed by atoms with van der Waals surface area (Å²) in [6, 6.07) is 20.4. The highest BCUT2D eigenvalue weighted by molar-refractivity contribution is 7.14. The SMILES string of the molecule is COc1ccccc1Nc1nc(-c2ccc(NC(=O)c3ccc([N+](=O)[O-])cc3)cc2)cs1. The number of carbonyl (C=O) groups is 1. The third-order valence-corrected chi connectivity index (χ3v) is 5.39. The van der Waals surface area contributed by atoms with E-state index in [0.29, 0.717) is 11.3 Å². The summed E-state index contributed by atoms with van der Waals surface area (Å²) in [7, 11) is 1.62. The van der Waals surface area contributed by atoms with Crippen LogP contribution in [0.3, 0.4) is 0 Å². The molecule has 3 aromatic carbocycles. The lowest BCUT2D eigenvalue weighted by molar-refractivity contribution is -0.384. The van der Waals surface area contributed by atoms with Crippen molar-refractivity contribution in [2.75, 3.05) is 17.7 Å². The Labute approximate surface area is 187 Å². The highest BCUT2D eigenvalue weighted by Gasteiger charge is 2.11. The molecule has 4 aromatic rings. The highest BCUT2D eigenvalue weighted by Crippen LogP contribution is 2.31. The molecule has 0 saturated carbocycles. The van der Waals surface area contributed by atoms with E-state index in [-0.39, 0.29) is 11.6 Å². The molecule has 1 amide bonds. The molecule has 1 heterocycles. The number of benzene rings is 3. The quantitative estimate of drug-likeness (QED) is 0.278. The van der Waals surface area contributed by atoms with E-state index in [9.17, 15) is 14.9 Å². The van der Waals surface area contributed by atoms with Crippen LogP contribution in [-0.4, -0.2) is 22.9 Å². The van der Waals surface area contributed by atoms with Gasteiger partial charge >= 0.3 is 0 Å². The zero-order valence-electron chi connectivity index (χ0n) is 16.9. The van der Waals surface area contributed by atoms with Gasteiger partial charge < -0.3 is 15.4 Å². The summed E-state index contributed by atoms with van der Waals surface area (Å²) in [5.41, 5.74) is 3.43. The van der Waals surface area contributed by atoms with E-state index in [2.05, 4.69) is 15.6 Å². The number of anilines is 3. The Morgan fingerprint density at radius 2 is 1.75 bits per heavy atom. The van der Waals surface area contributed by atoms with E-state index in [1.807, 2.05) is 41.8 Å². The summed E-state index contributed by atoms with van der Waals surface area (Å²) < 4.78 is 5.35. The predicted octanol–water partition coefficient (Wildman–Crippen LogP) is 5.72. The van der Waals surface area contributed by atoms with Gasteiger partial charge in [-0.05, 0) is 36.4 Å². The molecule has 0 aliphatic heterocycles. The summed E-state index contributed by atoms with van der Waals surface area (Å²) in [6.45, 7) is 0. The molecule has 9 heteroatoms. The van der Waals surface area contributed by atoms with Crippen molar-refractivity contribution in [1.29, 1.82) is 0 Å². The summed E-state index contributed by atoms with van der Waals surface area (Å²) in [5, 5.41) is 19.5. The molecule has 0 fully saturated rings. The average Bonchev–Trinajstić information content (AvgIpc) is 3.28. The van der Waals surface area contributed by atoms with Crippen molar-refractivity contribution in [2.24, 2.45) is 0 Å². The molecule has 4 rings (SSSR count). The van der Waals surface area contributed by atoms with Gasteiger partial charge in [-0.15, -0.1) is 11.3 Å². The van der Waals surface area contributed by atoms with E-state index in [4.69, 9.17) is 4.74 Å². The minimum atomic E-state index is -0.504. The number of non-ortho nitro benzene ring substituents is 1. The second-order valence-electron chi connectivity index (χ2n) is 6.70. The number of rotatable bonds is 7. The number of nitro benzene ring substituents is 1. The number of ether oxygens (including phenoxy) is 1. The molecule has 160 valence electrons. The van der Waals surface area contributed by atoms with Crippen molar-refractivity contribution in [3.8, 4) is 17.0 Å². The van der Waals surface area contributed by atoms with Gasteiger partial charge in [-0.2, -0.15) is 0 Å². The van der Waals surface area contributed by atoms with Crippen LogP contribution < -0.4 is 15.4 Å². The molecule has 0 bridgehead atoms. The highest BCUT2D eigenvalue weighted by atomic mass is 32.1. The smallest absolute Gasteiger partial charge is 0.269 e. The van der Waals surface area contributed by atoms with E-state index in [1.165, 1.54) is 35.6 Å². The first-order valence-electron chi connectivity index (χ1n) is 9.55. The number of amides is 1. The van der Waals surface area contributed by atoms with E-state index < -0.39 is 4.92 Å².